The summed E-state index contributed by atoms with van der Waals surface area (Å²) in [6, 6.07) is 17.4. The smallest absolute Gasteiger partial charge is 0.0258 e. The van der Waals surface area contributed by atoms with Crippen molar-refractivity contribution in [1.82, 2.24) is 0 Å². The van der Waals surface area contributed by atoms with Crippen LogP contribution in [0.3, 0.4) is 0 Å². The van der Waals surface area contributed by atoms with Gasteiger partial charge in [0.2, 0.25) is 0 Å². The summed E-state index contributed by atoms with van der Waals surface area (Å²) in [5.41, 5.74) is 4.43. The summed E-state index contributed by atoms with van der Waals surface area (Å²) in [5.74, 6) is 0.671. The van der Waals surface area contributed by atoms with Gasteiger partial charge in [0.25, 0.3) is 0 Å². The van der Waals surface area contributed by atoms with Gasteiger partial charge in [0, 0.05) is 15.2 Å². The van der Waals surface area contributed by atoms with E-state index in [-0.39, 0.29) is 0 Å². The van der Waals surface area contributed by atoms with Crippen LogP contribution in [0.25, 0.3) is 0 Å². The van der Waals surface area contributed by atoms with E-state index in [1.54, 1.807) is 0 Å². The molecular weight excluding hydrogens is 352 g/mol. The van der Waals surface area contributed by atoms with Gasteiger partial charge < -0.3 is 0 Å². The first kappa shape index (κ1) is 12.4. The van der Waals surface area contributed by atoms with Gasteiger partial charge in [0.05, 0.1) is 0 Å². The third kappa shape index (κ3) is 2.41. The Balaban J connectivity index is 1.70. The minimum atomic E-state index is 0.536. The number of benzene rings is 2. The fourth-order valence-corrected chi connectivity index (χ4v) is 3.72. The number of alkyl halides is 1. The molecule has 0 nitrogen and oxygen atoms in total. The number of rotatable bonds is 3. The van der Waals surface area contributed by atoms with Gasteiger partial charge in [-0.25, -0.2) is 0 Å². The van der Waals surface area contributed by atoms with Crippen molar-refractivity contribution in [1.29, 1.82) is 0 Å². The Hall–Kier alpha value is -0.600. The maximum atomic E-state index is 3.87. The van der Waals surface area contributed by atoms with Gasteiger partial charge in [-0.05, 0) is 41.7 Å². The molecule has 0 radical (unpaired) electrons. The van der Waals surface area contributed by atoms with Crippen molar-refractivity contribution in [2.75, 3.05) is 0 Å². The topological polar surface area (TPSA) is 0 Å². The predicted octanol–water partition coefficient (Wildman–Crippen LogP) is 5.10. The molecule has 2 atom stereocenters. The molecular formula is C16H14Br2. The molecule has 0 aromatic heterocycles. The minimum absolute atomic E-state index is 0.536. The number of fused-ring (bicyclic) bond motifs is 1. The minimum Gasteiger partial charge on any atom is -0.0880 e. The second-order valence-electron chi connectivity index (χ2n) is 4.86. The summed E-state index contributed by atoms with van der Waals surface area (Å²) in [4.78, 5) is 0.536. The van der Waals surface area contributed by atoms with Gasteiger partial charge in [-0.3, -0.25) is 0 Å². The van der Waals surface area contributed by atoms with Gasteiger partial charge in [-0.15, -0.1) is 0 Å². The fraction of sp³-hybridized carbons (Fsp3) is 0.250. The van der Waals surface area contributed by atoms with E-state index in [1.807, 2.05) is 0 Å². The zero-order valence-electron chi connectivity index (χ0n) is 9.94. The third-order valence-electron chi connectivity index (χ3n) is 3.67. The van der Waals surface area contributed by atoms with Gasteiger partial charge in [0.1, 0.15) is 0 Å². The van der Waals surface area contributed by atoms with E-state index in [0.29, 0.717) is 10.7 Å². The molecule has 2 unspecified atom stereocenters. The lowest BCUT2D eigenvalue weighted by Crippen LogP contribution is -2.26. The molecule has 1 aliphatic carbocycles. The van der Waals surface area contributed by atoms with Crippen LogP contribution in [0.2, 0.25) is 0 Å². The Morgan fingerprint density at radius 1 is 1.06 bits per heavy atom. The molecule has 0 aliphatic heterocycles. The largest absolute Gasteiger partial charge is 0.0880 e. The Bertz CT molecular complexity index is 545. The van der Waals surface area contributed by atoms with Crippen LogP contribution in [0.4, 0.5) is 0 Å². The van der Waals surface area contributed by atoms with Crippen LogP contribution in [0, 0.1) is 0 Å². The molecule has 2 heteroatoms. The highest BCUT2D eigenvalue weighted by Crippen LogP contribution is 2.41. The Labute approximate surface area is 125 Å². The standard InChI is InChI=1S/C16H14Br2/c17-13-7-5-11(6-8-13)9-16(18)15-10-12-3-1-2-4-14(12)15/h1-8,15-16H,9-10H2. The van der Waals surface area contributed by atoms with E-state index in [1.165, 1.54) is 23.1 Å². The van der Waals surface area contributed by atoms with Crippen molar-refractivity contribution in [3.63, 3.8) is 0 Å². The molecule has 0 saturated heterocycles. The van der Waals surface area contributed by atoms with E-state index in [0.717, 1.165) is 10.9 Å². The second kappa shape index (κ2) is 5.18. The van der Waals surface area contributed by atoms with E-state index >= 15 is 0 Å². The molecule has 0 fully saturated rings. The van der Waals surface area contributed by atoms with Crippen molar-refractivity contribution in [2.45, 2.75) is 23.6 Å². The quantitative estimate of drug-likeness (QED) is 0.664. The summed E-state index contributed by atoms with van der Waals surface area (Å²) in [6.45, 7) is 0. The van der Waals surface area contributed by atoms with Crippen LogP contribution >= 0.6 is 31.9 Å². The van der Waals surface area contributed by atoms with Crippen LogP contribution in [0.15, 0.2) is 53.0 Å². The lowest BCUT2D eigenvalue weighted by molar-refractivity contribution is 0.580. The monoisotopic (exact) mass is 364 g/mol. The number of halogens is 2. The second-order valence-corrected chi connectivity index (χ2v) is 6.95. The summed E-state index contributed by atoms with van der Waals surface area (Å²) >= 11 is 7.34. The maximum Gasteiger partial charge on any atom is 0.0258 e. The van der Waals surface area contributed by atoms with Gasteiger partial charge in [-0.1, -0.05) is 68.3 Å². The molecule has 92 valence electrons. The van der Waals surface area contributed by atoms with Crippen molar-refractivity contribution < 1.29 is 0 Å². The first-order valence-electron chi connectivity index (χ1n) is 6.20. The fourth-order valence-electron chi connectivity index (χ4n) is 2.61. The summed E-state index contributed by atoms with van der Waals surface area (Å²) in [6.07, 6.45) is 2.30. The summed E-state index contributed by atoms with van der Waals surface area (Å²) in [5, 5.41) is 0. The van der Waals surface area contributed by atoms with Crippen molar-refractivity contribution in [2.24, 2.45) is 0 Å². The Kier molecular flexibility index (Phi) is 3.58. The number of hydrogen-bond acceptors (Lipinski definition) is 0. The van der Waals surface area contributed by atoms with E-state index in [9.17, 15) is 0 Å². The van der Waals surface area contributed by atoms with Gasteiger partial charge in [-0.2, -0.15) is 0 Å². The predicted molar refractivity (Wildman–Crippen MR) is 83.4 cm³/mol. The molecule has 0 spiro atoms. The lowest BCUT2D eigenvalue weighted by Gasteiger charge is -2.34. The molecule has 1 aliphatic rings. The average molecular weight is 366 g/mol. The van der Waals surface area contributed by atoms with Gasteiger partial charge >= 0.3 is 0 Å². The van der Waals surface area contributed by atoms with Crippen molar-refractivity contribution in [3.8, 4) is 0 Å². The first-order valence-corrected chi connectivity index (χ1v) is 7.91. The molecule has 0 heterocycles. The normalized spacial score (nSPS) is 18.9. The molecule has 0 N–H and O–H groups in total. The van der Waals surface area contributed by atoms with Crippen LogP contribution < -0.4 is 0 Å². The maximum absolute atomic E-state index is 3.87. The molecule has 2 aromatic rings. The molecule has 2 aromatic carbocycles. The van der Waals surface area contributed by atoms with Crippen molar-refractivity contribution >= 4 is 31.9 Å². The molecule has 0 bridgehead atoms. The molecule has 3 rings (SSSR count). The summed E-state index contributed by atoms with van der Waals surface area (Å²) in [7, 11) is 0. The van der Waals surface area contributed by atoms with Crippen LogP contribution in [0.5, 0.6) is 0 Å². The Morgan fingerprint density at radius 2 is 1.78 bits per heavy atom. The molecule has 0 amide bonds. The van der Waals surface area contributed by atoms with E-state index < -0.39 is 0 Å². The zero-order valence-corrected chi connectivity index (χ0v) is 13.1. The number of hydrogen-bond donors (Lipinski definition) is 0. The highest BCUT2D eigenvalue weighted by Gasteiger charge is 2.31. The van der Waals surface area contributed by atoms with Crippen LogP contribution in [-0.2, 0) is 12.8 Å². The SMILES string of the molecule is Brc1ccc(CC(Br)C2Cc3ccccc32)cc1. The van der Waals surface area contributed by atoms with E-state index in [2.05, 4.69) is 80.4 Å². The van der Waals surface area contributed by atoms with Gasteiger partial charge in [0.15, 0.2) is 0 Å². The van der Waals surface area contributed by atoms with Crippen LogP contribution in [0.1, 0.15) is 22.6 Å². The Morgan fingerprint density at radius 3 is 2.50 bits per heavy atom. The van der Waals surface area contributed by atoms with Crippen molar-refractivity contribution in [3.05, 3.63) is 69.7 Å². The zero-order chi connectivity index (χ0) is 12.5. The average Bonchev–Trinajstić information content (AvgIpc) is 2.34. The summed E-state index contributed by atoms with van der Waals surface area (Å²) < 4.78 is 1.14. The van der Waals surface area contributed by atoms with Crippen LogP contribution in [-0.4, -0.2) is 4.83 Å². The molecule has 0 saturated carbocycles. The third-order valence-corrected chi connectivity index (χ3v) is 5.17. The highest BCUT2D eigenvalue weighted by atomic mass is 79.9. The first-order chi connectivity index (χ1) is 8.74. The highest BCUT2D eigenvalue weighted by molar-refractivity contribution is 9.10. The van der Waals surface area contributed by atoms with E-state index in [4.69, 9.17) is 0 Å². The lowest BCUT2D eigenvalue weighted by atomic mass is 9.75. The molecule has 18 heavy (non-hydrogen) atoms.